The second-order valence-corrected chi connectivity index (χ2v) is 25.6. The first-order valence-corrected chi connectivity index (χ1v) is 37.2. The zero-order valence-electron chi connectivity index (χ0n) is 55.4. The standard InChI is InChI=1S/C75H144O6/c1-4-7-10-13-16-19-22-25-28-31-34-36-37-38-39-42-44-47-50-53-56-59-62-65-68-74(77)80-71-72(70-79-73(76)67-64-61-58-55-52-49-46-43-40-33-30-27-24-21-18-15-12-9-6-3)81-75(78)69-66-63-60-57-54-51-48-45-41-35-32-29-26-23-20-17-14-11-8-5-2/h27,30,72H,4-26,28-29,31-71H2,1-3H3/b30-27-. The summed E-state index contributed by atoms with van der Waals surface area (Å²) in [5.74, 6) is -0.825. The number of esters is 3. The lowest BCUT2D eigenvalue weighted by atomic mass is 10.0. The van der Waals surface area contributed by atoms with E-state index in [-0.39, 0.29) is 31.1 Å². The molecule has 0 fully saturated rings. The highest BCUT2D eigenvalue weighted by atomic mass is 16.6. The van der Waals surface area contributed by atoms with Crippen LogP contribution in [0.3, 0.4) is 0 Å². The largest absolute Gasteiger partial charge is 0.462 e. The van der Waals surface area contributed by atoms with Gasteiger partial charge in [0, 0.05) is 19.3 Å². The summed E-state index contributed by atoms with van der Waals surface area (Å²) in [4.78, 5) is 38.5. The molecule has 0 radical (unpaired) electrons. The first kappa shape index (κ1) is 79.2. The number of carbonyl (C=O) groups is 3. The summed E-state index contributed by atoms with van der Waals surface area (Å²) in [6.07, 6.45) is 85.3. The van der Waals surface area contributed by atoms with Crippen LogP contribution in [0.5, 0.6) is 0 Å². The molecule has 480 valence electrons. The Balaban J connectivity index is 4.26. The molecule has 6 nitrogen and oxygen atoms in total. The van der Waals surface area contributed by atoms with E-state index in [1.165, 1.54) is 334 Å². The van der Waals surface area contributed by atoms with Gasteiger partial charge in [0.1, 0.15) is 13.2 Å². The van der Waals surface area contributed by atoms with Gasteiger partial charge in [-0.25, -0.2) is 0 Å². The molecule has 0 aromatic rings. The molecule has 0 rings (SSSR count). The van der Waals surface area contributed by atoms with Gasteiger partial charge in [0.15, 0.2) is 6.10 Å². The zero-order chi connectivity index (χ0) is 58.5. The van der Waals surface area contributed by atoms with E-state index in [1.54, 1.807) is 0 Å². The van der Waals surface area contributed by atoms with Crippen molar-refractivity contribution in [1.29, 1.82) is 0 Å². The molecular weight excluding hydrogens is 997 g/mol. The highest BCUT2D eigenvalue weighted by Gasteiger charge is 2.20. The third kappa shape index (κ3) is 68.8. The van der Waals surface area contributed by atoms with E-state index in [0.717, 1.165) is 57.8 Å². The molecule has 0 aromatic heterocycles. The lowest BCUT2D eigenvalue weighted by Gasteiger charge is -2.18. The van der Waals surface area contributed by atoms with Gasteiger partial charge >= 0.3 is 17.9 Å². The SMILES string of the molecule is CCCCCCCC/C=C\CCCCCCCCCCCC(=O)OCC(COC(=O)CCCCCCCCCCCCCCCCCCCCCCCCCC)OC(=O)CCCCCCCCCCCCCCCCCCCCCC. The van der Waals surface area contributed by atoms with Crippen LogP contribution in [0.1, 0.15) is 432 Å². The van der Waals surface area contributed by atoms with Crippen molar-refractivity contribution in [3.05, 3.63) is 12.2 Å². The summed E-state index contributed by atoms with van der Waals surface area (Å²) < 4.78 is 17.1. The van der Waals surface area contributed by atoms with Crippen molar-refractivity contribution in [3.63, 3.8) is 0 Å². The molecule has 0 aromatic carbocycles. The fourth-order valence-corrected chi connectivity index (χ4v) is 11.7. The van der Waals surface area contributed by atoms with E-state index in [9.17, 15) is 14.4 Å². The maximum atomic E-state index is 13.0. The Bertz CT molecular complexity index is 1260. The monoisotopic (exact) mass is 1140 g/mol. The maximum absolute atomic E-state index is 13.0. The number of ether oxygens (including phenoxy) is 3. The highest BCUT2D eigenvalue weighted by molar-refractivity contribution is 5.71. The number of unbranched alkanes of at least 4 members (excludes halogenated alkanes) is 57. The molecule has 0 aliphatic rings. The van der Waals surface area contributed by atoms with Gasteiger partial charge in [-0.15, -0.1) is 0 Å². The third-order valence-corrected chi connectivity index (χ3v) is 17.3. The molecule has 0 N–H and O–H groups in total. The van der Waals surface area contributed by atoms with E-state index < -0.39 is 6.10 Å². The van der Waals surface area contributed by atoms with Crippen LogP contribution >= 0.6 is 0 Å². The molecule has 0 bridgehead atoms. The Morgan fingerprint density at radius 2 is 0.407 bits per heavy atom. The molecule has 0 aliphatic heterocycles. The van der Waals surface area contributed by atoms with Gasteiger partial charge in [-0.3, -0.25) is 14.4 Å². The molecule has 0 saturated carbocycles. The minimum atomic E-state index is -0.768. The highest BCUT2D eigenvalue weighted by Crippen LogP contribution is 2.19. The average molecular weight is 1140 g/mol. The first-order valence-electron chi connectivity index (χ1n) is 37.2. The number of allylic oxidation sites excluding steroid dienone is 2. The topological polar surface area (TPSA) is 78.9 Å². The Hall–Kier alpha value is -1.85. The Morgan fingerprint density at radius 3 is 0.617 bits per heavy atom. The minimum Gasteiger partial charge on any atom is -0.462 e. The summed E-state index contributed by atoms with van der Waals surface area (Å²) in [6.45, 7) is 6.74. The van der Waals surface area contributed by atoms with Crippen LogP contribution in [0.25, 0.3) is 0 Å². The van der Waals surface area contributed by atoms with Gasteiger partial charge in [-0.05, 0) is 44.9 Å². The Morgan fingerprint density at radius 1 is 0.235 bits per heavy atom. The van der Waals surface area contributed by atoms with Gasteiger partial charge in [-0.1, -0.05) is 380 Å². The summed E-state index contributed by atoms with van der Waals surface area (Å²) in [5, 5.41) is 0. The predicted molar refractivity (Wildman–Crippen MR) is 353 cm³/mol. The van der Waals surface area contributed by atoms with Gasteiger partial charge in [-0.2, -0.15) is 0 Å². The van der Waals surface area contributed by atoms with Crippen molar-refractivity contribution in [1.82, 2.24) is 0 Å². The molecular formula is C75H144O6. The van der Waals surface area contributed by atoms with E-state index >= 15 is 0 Å². The smallest absolute Gasteiger partial charge is 0.306 e. The maximum Gasteiger partial charge on any atom is 0.306 e. The van der Waals surface area contributed by atoms with Crippen molar-refractivity contribution < 1.29 is 28.6 Å². The van der Waals surface area contributed by atoms with Crippen molar-refractivity contribution >= 4 is 17.9 Å². The van der Waals surface area contributed by atoms with E-state index in [2.05, 4.69) is 32.9 Å². The summed E-state index contributed by atoms with van der Waals surface area (Å²) >= 11 is 0. The van der Waals surface area contributed by atoms with E-state index in [1.807, 2.05) is 0 Å². The lowest BCUT2D eigenvalue weighted by molar-refractivity contribution is -0.167. The minimum absolute atomic E-state index is 0.0630. The fraction of sp³-hybridized carbons (Fsp3) is 0.933. The zero-order valence-corrected chi connectivity index (χ0v) is 55.4. The van der Waals surface area contributed by atoms with Crippen LogP contribution in [0.2, 0.25) is 0 Å². The molecule has 1 unspecified atom stereocenters. The van der Waals surface area contributed by atoms with Crippen LogP contribution in [0.15, 0.2) is 12.2 Å². The van der Waals surface area contributed by atoms with Crippen molar-refractivity contribution in [2.24, 2.45) is 0 Å². The third-order valence-electron chi connectivity index (χ3n) is 17.3. The van der Waals surface area contributed by atoms with Crippen LogP contribution in [0, 0.1) is 0 Å². The van der Waals surface area contributed by atoms with Gasteiger partial charge < -0.3 is 14.2 Å². The van der Waals surface area contributed by atoms with Crippen LogP contribution in [-0.4, -0.2) is 37.2 Å². The number of hydrogen-bond donors (Lipinski definition) is 0. The van der Waals surface area contributed by atoms with E-state index in [4.69, 9.17) is 14.2 Å². The molecule has 1 atom stereocenters. The number of hydrogen-bond acceptors (Lipinski definition) is 6. The van der Waals surface area contributed by atoms with Gasteiger partial charge in [0.2, 0.25) is 0 Å². The van der Waals surface area contributed by atoms with Gasteiger partial charge in [0.25, 0.3) is 0 Å². The second-order valence-electron chi connectivity index (χ2n) is 25.6. The average Bonchev–Trinajstić information content (AvgIpc) is 3.47. The number of rotatable bonds is 70. The predicted octanol–water partition coefficient (Wildman–Crippen LogP) is 25.6. The lowest BCUT2D eigenvalue weighted by Crippen LogP contribution is -2.30. The number of carbonyl (C=O) groups excluding carboxylic acids is 3. The Labute approximate surface area is 507 Å². The first-order chi connectivity index (χ1) is 40.0. The van der Waals surface area contributed by atoms with Crippen LogP contribution < -0.4 is 0 Å². The normalized spacial score (nSPS) is 12.0. The second kappa shape index (κ2) is 70.6. The van der Waals surface area contributed by atoms with Crippen molar-refractivity contribution in [2.45, 2.75) is 438 Å². The molecule has 81 heavy (non-hydrogen) atoms. The summed E-state index contributed by atoms with van der Waals surface area (Å²) in [7, 11) is 0. The molecule has 0 spiro atoms. The molecule has 0 amide bonds. The molecule has 6 heteroatoms. The summed E-state index contributed by atoms with van der Waals surface area (Å²) in [6, 6.07) is 0. The quantitative estimate of drug-likeness (QED) is 0.0261. The summed E-state index contributed by atoms with van der Waals surface area (Å²) in [5.41, 5.74) is 0. The van der Waals surface area contributed by atoms with Gasteiger partial charge in [0.05, 0.1) is 0 Å². The van der Waals surface area contributed by atoms with Crippen molar-refractivity contribution in [3.8, 4) is 0 Å². The molecule has 0 aliphatic carbocycles. The van der Waals surface area contributed by atoms with E-state index in [0.29, 0.717) is 19.3 Å². The Kier molecular flexibility index (Phi) is 69.0. The van der Waals surface area contributed by atoms with Crippen LogP contribution in [-0.2, 0) is 28.6 Å². The van der Waals surface area contributed by atoms with Crippen LogP contribution in [0.4, 0.5) is 0 Å². The molecule has 0 heterocycles. The molecule has 0 saturated heterocycles. The van der Waals surface area contributed by atoms with Crippen molar-refractivity contribution in [2.75, 3.05) is 13.2 Å². The fourth-order valence-electron chi connectivity index (χ4n) is 11.7.